The molecule has 2 atom stereocenters. The van der Waals surface area contributed by atoms with E-state index in [1.807, 2.05) is 66.2 Å². The summed E-state index contributed by atoms with van der Waals surface area (Å²) in [7, 11) is 1.97. The van der Waals surface area contributed by atoms with E-state index in [-0.39, 0.29) is 18.1 Å². The topological polar surface area (TPSA) is 42.0 Å². The van der Waals surface area contributed by atoms with Gasteiger partial charge in [-0.25, -0.2) is 0 Å². The van der Waals surface area contributed by atoms with Gasteiger partial charge in [0.05, 0.1) is 6.04 Å². The number of likely N-dealkylation sites (N-methyl/N-ethyl adjacent to an activating group) is 1. The number of hydrogen-bond donors (Lipinski definition) is 0. The van der Waals surface area contributed by atoms with Gasteiger partial charge in [0.15, 0.2) is 11.5 Å². The van der Waals surface area contributed by atoms with E-state index >= 15 is 0 Å². The minimum absolute atomic E-state index is 0.0870. The first-order valence-electron chi connectivity index (χ1n) is 9.11. The van der Waals surface area contributed by atoms with Crippen molar-refractivity contribution in [3.05, 3.63) is 54.1 Å². The fourth-order valence-corrected chi connectivity index (χ4v) is 3.61. The Morgan fingerprint density at radius 1 is 1.19 bits per heavy atom. The number of fused-ring (bicyclic) bond motifs is 2. The first kappa shape index (κ1) is 16.9. The van der Waals surface area contributed by atoms with Gasteiger partial charge in [0.2, 0.25) is 5.91 Å². The van der Waals surface area contributed by atoms with Crippen molar-refractivity contribution in [1.29, 1.82) is 0 Å². The van der Waals surface area contributed by atoms with Crippen LogP contribution in [0.3, 0.4) is 0 Å². The molecule has 26 heavy (non-hydrogen) atoms. The number of ether oxygens (including phenoxy) is 2. The average molecular weight is 352 g/mol. The van der Waals surface area contributed by atoms with Gasteiger partial charge in [-0.2, -0.15) is 0 Å². The van der Waals surface area contributed by atoms with Crippen molar-refractivity contribution < 1.29 is 14.3 Å². The Balaban J connectivity index is 1.39. The highest BCUT2D eigenvalue weighted by Crippen LogP contribution is 2.31. The van der Waals surface area contributed by atoms with E-state index in [9.17, 15) is 4.79 Å². The molecule has 2 aliphatic rings. The zero-order valence-corrected chi connectivity index (χ0v) is 15.2. The molecule has 2 heterocycles. The third-order valence-corrected chi connectivity index (χ3v) is 5.23. The second-order valence-corrected chi connectivity index (χ2v) is 6.98. The Labute approximate surface area is 154 Å². The molecule has 5 nitrogen and oxygen atoms in total. The highest BCUT2D eigenvalue weighted by atomic mass is 16.6. The Kier molecular flexibility index (Phi) is 4.55. The van der Waals surface area contributed by atoms with Gasteiger partial charge in [-0.15, -0.1) is 0 Å². The maximum atomic E-state index is 13.0. The van der Waals surface area contributed by atoms with Crippen LogP contribution in [-0.2, 0) is 11.2 Å². The van der Waals surface area contributed by atoms with Crippen molar-refractivity contribution in [1.82, 2.24) is 4.90 Å². The van der Waals surface area contributed by atoms with Crippen LogP contribution < -0.4 is 14.4 Å². The summed E-state index contributed by atoms with van der Waals surface area (Å²) >= 11 is 0. The van der Waals surface area contributed by atoms with Gasteiger partial charge in [0.25, 0.3) is 0 Å². The number of nitrogens with zero attached hydrogens (tertiary/aromatic N) is 2. The molecule has 0 bridgehead atoms. The minimum Gasteiger partial charge on any atom is -0.486 e. The summed E-state index contributed by atoms with van der Waals surface area (Å²) in [6.07, 6.45) is 0.838. The Morgan fingerprint density at radius 2 is 1.92 bits per heavy atom. The predicted octanol–water partition coefficient (Wildman–Crippen LogP) is 2.74. The second-order valence-electron chi connectivity index (χ2n) is 6.98. The zero-order chi connectivity index (χ0) is 18.1. The lowest BCUT2D eigenvalue weighted by Crippen LogP contribution is -2.49. The fraction of sp³-hybridized carbons (Fsp3) is 0.381. The van der Waals surface area contributed by atoms with E-state index in [0.29, 0.717) is 13.2 Å². The number of anilines is 1. The van der Waals surface area contributed by atoms with E-state index in [4.69, 9.17) is 9.47 Å². The van der Waals surface area contributed by atoms with Gasteiger partial charge in [-0.1, -0.05) is 30.3 Å². The van der Waals surface area contributed by atoms with Crippen molar-refractivity contribution >= 4 is 11.6 Å². The third kappa shape index (κ3) is 3.15. The number of hydrogen-bond acceptors (Lipinski definition) is 4. The van der Waals surface area contributed by atoms with Crippen LogP contribution in [0.15, 0.2) is 48.5 Å². The zero-order valence-electron chi connectivity index (χ0n) is 15.2. The lowest BCUT2D eigenvalue weighted by Gasteiger charge is -2.33. The second kappa shape index (κ2) is 7.00. The van der Waals surface area contributed by atoms with Crippen LogP contribution in [0.4, 0.5) is 5.69 Å². The lowest BCUT2D eigenvalue weighted by atomic mass is 10.1. The number of rotatable bonds is 4. The van der Waals surface area contributed by atoms with Crippen LogP contribution in [0.1, 0.15) is 12.5 Å². The molecule has 0 aliphatic carbocycles. The van der Waals surface area contributed by atoms with E-state index in [1.54, 1.807) is 0 Å². The van der Waals surface area contributed by atoms with E-state index in [0.717, 1.165) is 30.2 Å². The number of carbonyl (C=O) groups excluding carboxylic acids is 1. The summed E-state index contributed by atoms with van der Waals surface area (Å²) in [5, 5.41) is 0. The first-order valence-corrected chi connectivity index (χ1v) is 9.11. The monoisotopic (exact) mass is 352 g/mol. The third-order valence-electron chi connectivity index (χ3n) is 5.23. The summed E-state index contributed by atoms with van der Waals surface area (Å²) in [5.41, 5.74) is 2.29. The molecule has 0 fully saturated rings. The summed E-state index contributed by atoms with van der Waals surface area (Å²) in [6, 6.07) is 15.6. The molecule has 2 aliphatic heterocycles. The molecule has 0 radical (unpaired) electrons. The fourth-order valence-electron chi connectivity index (χ4n) is 3.61. The van der Waals surface area contributed by atoms with E-state index < -0.39 is 0 Å². The maximum Gasteiger partial charge on any atom is 0.244 e. The largest absolute Gasteiger partial charge is 0.486 e. The van der Waals surface area contributed by atoms with Crippen LogP contribution in [-0.4, -0.2) is 49.7 Å². The van der Waals surface area contributed by atoms with Crippen LogP contribution >= 0.6 is 0 Å². The van der Waals surface area contributed by atoms with Gasteiger partial charge < -0.3 is 14.4 Å². The molecule has 0 N–H and O–H groups in total. The molecule has 0 unspecified atom stereocenters. The number of benzene rings is 2. The highest BCUT2D eigenvalue weighted by Gasteiger charge is 2.31. The minimum atomic E-state index is -0.220. The number of para-hydroxylation sites is 3. The summed E-state index contributed by atoms with van der Waals surface area (Å²) in [6.45, 7) is 3.85. The molecule has 5 heteroatoms. The molecule has 2 aromatic carbocycles. The van der Waals surface area contributed by atoms with Gasteiger partial charge in [0.1, 0.15) is 12.7 Å². The SMILES string of the molecule is C[C@H](C(=O)N1CCc2ccccc21)N(C)C[C@H]1COc2ccccc2O1. The van der Waals surface area contributed by atoms with Gasteiger partial charge >= 0.3 is 0 Å². The lowest BCUT2D eigenvalue weighted by molar-refractivity contribution is -0.123. The van der Waals surface area contributed by atoms with E-state index in [1.165, 1.54) is 5.56 Å². The molecule has 4 rings (SSSR count). The predicted molar refractivity (Wildman–Crippen MR) is 101 cm³/mol. The van der Waals surface area contributed by atoms with E-state index in [2.05, 4.69) is 6.07 Å². The molecular weight excluding hydrogens is 328 g/mol. The number of carbonyl (C=O) groups is 1. The van der Waals surface area contributed by atoms with Crippen LogP contribution in [0.5, 0.6) is 11.5 Å². The molecule has 2 aromatic rings. The summed E-state index contributed by atoms with van der Waals surface area (Å²) < 4.78 is 11.8. The van der Waals surface area contributed by atoms with Gasteiger partial charge in [-0.3, -0.25) is 9.69 Å². The Morgan fingerprint density at radius 3 is 2.77 bits per heavy atom. The van der Waals surface area contributed by atoms with Crippen LogP contribution in [0.2, 0.25) is 0 Å². The summed E-state index contributed by atoms with van der Waals surface area (Å²) in [5.74, 6) is 1.68. The van der Waals surface area contributed by atoms with Crippen molar-refractivity contribution in [3.63, 3.8) is 0 Å². The molecule has 0 saturated heterocycles. The average Bonchev–Trinajstić information content (AvgIpc) is 3.11. The smallest absolute Gasteiger partial charge is 0.244 e. The Bertz CT molecular complexity index is 807. The van der Waals surface area contributed by atoms with Crippen molar-refractivity contribution in [2.45, 2.75) is 25.5 Å². The Hall–Kier alpha value is -2.53. The summed E-state index contributed by atoms with van der Waals surface area (Å²) in [4.78, 5) is 17.0. The van der Waals surface area contributed by atoms with Crippen molar-refractivity contribution in [2.75, 3.05) is 31.6 Å². The molecule has 136 valence electrons. The van der Waals surface area contributed by atoms with Gasteiger partial charge in [-0.05, 0) is 44.2 Å². The molecule has 0 saturated carbocycles. The highest BCUT2D eigenvalue weighted by molar-refractivity contribution is 5.98. The normalized spacial score (nSPS) is 19.3. The molecule has 0 spiro atoms. The van der Waals surface area contributed by atoms with Crippen molar-refractivity contribution in [3.8, 4) is 11.5 Å². The molecule has 1 amide bonds. The van der Waals surface area contributed by atoms with Gasteiger partial charge in [0, 0.05) is 18.8 Å². The quantitative estimate of drug-likeness (QED) is 0.849. The van der Waals surface area contributed by atoms with Crippen LogP contribution in [0.25, 0.3) is 0 Å². The number of amides is 1. The maximum absolute atomic E-state index is 13.0. The first-order chi connectivity index (χ1) is 12.6. The molecular formula is C21H24N2O3. The standard InChI is InChI=1S/C21H24N2O3/c1-15(21(24)23-12-11-16-7-3-4-8-18(16)23)22(2)13-17-14-25-19-9-5-6-10-20(19)26-17/h3-10,15,17H,11-14H2,1-2H3/t15-,17+/m1/s1. The van der Waals surface area contributed by atoms with Crippen molar-refractivity contribution in [2.24, 2.45) is 0 Å². The molecule has 0 aromatic heterocycles. The van der Waals surface area contributed by atoms with Crippen LogP contribution in [0, 0.1) is 0 Å².